The van der Waals surface area contributed by atoms with Gasteiger partial charge in [-0.25, -0.2) is 0 Å². The van der Waals surface area contributed by atoms with Crippen LogP contribution in [0.5, 0.6) is 0 Å². The van der Waals surface area contributed by atoms with Crippen LogP contribution in [0.2, 0.25) is 0 Å². The molecular weight excluding hydrogens is 264 g/mol. The molecule has 0 bridgehead atoms. The summed E-state index contributed by atoms with van der Waals surface area (Å²) in [4.78, 5) is 12.6. The third kappa shape index (κ3) is 1.50. The van der Waals surface area contributed by atoms with Gasteiger partial charge >= 0.3 is 0 Å². The van der Waals surface area contributed by atoms with E-state index in [9.17, 15) is 10.0 Å². The lowest BCUT2D eigenvalue weighted by Gasteiger charge is -2.00. The Morgan fingerprint density at radius 3 is 2.52 bits per heavy atom. The highest BCUT2D eigenvalue weighted by molar-refractivity contribution is 6.53. The van der Waals surface area contributed by atoms with Crippen molar-refractivity contribution in [3.63, 3.8) is 0 Å². The Kier molecular flexibility index (Phi) is 2.30. The van der Waals surface area contributed by atoms with Crippen LogP contribution in [-0.4, -0.2) is 20.8 Å². The van der Waals surface area contributed by atoms with E-state index >= 15 is 0 Å². The number of nitrogens with zero attached hydrogens (tertiary/aromatic N) is 2. The molecule has 21 heavy (non-hydrogen) atoms. The van der Waals surface area contributed by atoms with E-state index in [-0.39, 0.29) is 11.5 Å². The monoisotopic (exact) mass is 276 g/mol. The first-order chi connectivity index (χ1) is 10.2. The maximum Gasteiger partial charge on any atom is 0.275 e. The van der Waals surface area contributed by atoms with Crippen molar-refractivity contribution in [1.29, 1.82) is 0 Å². The van der Waals surface area contributed by atoms with Crippen molar-refractivity contribution in [2.24, 2.45) is 7.05 Å². The van der Waals surface area contributed by atoms with Gasteiger partial charge in [-0.05, 0) is 12.1 Å². The molecule has 0 aliphatic carbocycles. The van der Waals surface area contributed by atoms with E-state index in [4.69, 9.17) is 0 Å². The molecule has 0 fully saturated rings. The highest BCUT2D eigenvalue weighted by Gasteiger charge is 2.37. The van der Waals surface area contributed by atoms with Crippen molar-refractivity contribution >= 4 is 28.1 Å². The number of carbonyl (C=O) groups is 1. The van der Waals surface area contributed by atoms with Crippen LogP contribution in [0.1, 0.15) is 15.9 Å². The van der Waals surface area contributed by atoms with Gasteiger partial charge in [0.25, 0.3) is 11.5 Å². The molecule has 1 aliphatic heterocycles. The molecule has 0 saturated heterocycles. The fraction of sp³-hybridized carbons (Fsp3) is 0.0588. The summed E-state index contributed by atoms with van der Waals surface area (Å²) in [5.41, 5.74) is 2.77. The van der Waals surface area contributed by atoms with Crippen molar-refractivity contribution in [2.45, 2.75) is 0 Å². The third-order valence-electron chi connectivity index (χ3n) is 3.94. The molecule has 0 spiro atoms. The molecule has 1 aromatic heterocycles. The molecule has 0 amide bonds. The Labute approximate surface area is 121 Å². The summed E-state index contributed by atoms with van der Waals surface area (Å²) in [6.45, 7) is 0. The van der Waals surface area contributed by atoms with Gasteiger partial charge in [0.15, 0.2) is 0 Å². The lowest BCUT2D eigenvalue weighted by Crippen LogP contribution is -2.16. The van der Waals surface area contributed by atoms with Gasteiger partial charge in [-0.15, -0.1) is 0 Å². The lowest BCUT2D eigenvalue weighted by molar-refractivity contribution is -0.355. The fourth-order valence-electron chi connectivity index (χ4n) is 2.95. The first-order valence-electron chi connectivity index (χ1n) is 6.71. The molecule has 0 atom stereocenters. The van der Waals surface area contributed by atoms with E-state index in [1.165, 1.54) is 0 Å². The lowest BCUT2D eigenvalue weighted by atomic mass is 10.0. The minimum Gasteiger partial charge on any atom is -0.618 e. The molecule has 0 unspecified atom stereocenters. The second-order valence-electron chi connectivity index (χ2n) is 5.16. The Morgan fingerprint density at radius 1 is 1.00 bits per heavy atom. The van der Waals surface area contributed by atoms with Crippen molar-refractivity contribution in [3.05, 3.63) is 71.1 Å². The van der Waals surface area contributed by atoms with E-state index in [2.05, 4.69) is 0 Å². The summed E-state index contributed by atoms with van der Waals surface area (Å²) in [6, 6.07) is 14.7. The summed E-state index contributed by atoms with van der Waals surface area (Å²) in [6.07, 6.45) is 1.84. The minimum absolute atomic E-state index is 0.202. The number of aromatic nitrogens is 1. The highest BCUT2D eigenvalue weighted by Crippen LogP contribution is 2.30. The molecule has 2 heterocycles. The molecule has 4 heteroatoms. The summed E-state index contributed by atoms with van der Waals surface area (Å²) < 4.78 is 2.68. The maximum atomic E-state index is 12.6. The van der Waals surface area contributed by atoms with Crippen LogP contribution in [0.25, 0.3) is 10.9 Å². The van der Waals surface area contributed by atoms with E-state index < -0.39 is 0 Å². The largest absolute Gasteiger partial charge is 0.618 e. The predicted molar refractivity (Wildman–Crippen MR) is 81.1 cm³/mol. The number of hydrogen-bond donors (Lipinski definition) is 0. The van der Waals surface area contributed by atoms with Gasteiger partial charge in [-0.2, -0.15) is 4.74 Å². The van der Waals surface area contributed by atoms with Crippen molar-refractivity contribution in [2.75, 3.05) is 0 Å². The second-order valence-corrected chi connectivity index (χ2v) is 5.16. The number of aryl methyl sites for hydroxylation is 1. The molecule has 2 aromatic carbocycles. The van der Waals surface area contributed by atoms with E-state index in [0.29, 0.717) is 16.8 Å². The van der Waals surface area contributed by atoms with Gasteiger partial charge in [-0.1, -0.05) is 30.3 Å². The standard InChI is InChI=1S/C17H12N2O2/c1-18-10-13(11-6-2-4-8-14(11)18)16-17(20)12-7-3-5-9-15(12)19(16)21/h2-10H,1H3. The minimum atomic E-state index is -0.211. The van der Waals surface area contributed by atoms with Crippen LogP contribution in [-0.2, 0) is 7.05 Å². The molecule has 1 aliphatic rings. The quantitative estimate of drug-likeness (QED) is 0.506. The Balaban J connectivity index is 2.03. The average Bonchev–Trinajstić information content (AvgIpc) is 2.96. The van der Waals surface area contributed by atoms with E-state index in [0.717, 1.165) is 15.6 Å². The van der Waals surface area contributed by atoms with E-state index in [1.807, 2.05) is 42.1 Å². The summed E-state index contributed by atoms with van der Waals surface area (Å²) in [5.74, 6) is -0.211. The number of ketones is 1. The number of Topliss-reactive ketones (excluding diaryl/α,β-unsaturated/α-hetero) is 1. The SMILES string of the molecule is Cn1cc(C2=[N+]([O-])c3ccccc3C2=O)c2ccccc21. The number of rotatable bonds is 1. The molecule has 3 aromatic rings. The molecule has 102 valence electrons. The second kappa shape index (κ2) is 4.06. The first-order valence-corrected chi connectivity index (χ1v) is 6.71. The Bertz CT molecular complexity index is 935. The zero-order valence-corrected chi connectivity index (χ0v) is 11.4. The number of hydrogen-bond acceptors (Lipinski definition) is 2. The Hall–Kier alpha value is -2.88. The molecule has 0 N–H and O–H groups in total. The van der Waals surface area contributed by atoms with Gasteiger partial charge in [-0.3, -0.25) is 4.79 Å². The average molecular weight is 276 g/mol. The molecule has 0 saturated carbocycles. The zero-order valence-electron chi connectivity index (χ0n) is 11.4. The predicted octanol–water partition coefficient (Wildman–Crippen LogP) is 3.01. The topological polar surface area (TPSA) is 48.1 Å². The number of benzene rings is 2. The van der Waals surface area contributed by atoms with Gasteiger partial charge in [0.2, 0.25) is 5.69 Å². The Morgan fingerprint density at radius 2 is 1.71 bits per heavy atom. The van der Waals surface area contributed by atoms with Crippen molar-refractivity contribution in [3.8, 4) is 0 Å². The van der Waals surface area contributed by atoms with Crippen LogP contribution in [0.4, 0.5) is 5.69 Å². The molecule has 0 radical (unpaired) electrons. The molecular formula is C17H12N2O2. The first kappa shape index (κ1) is 11.9. The van der Waals surface area contributed by atoms with Crippen molar-refractivity contribution in [1.82, 2.24) is 4.57 Å². The van der Waals surface area contributed by atoms with Crippen LogP contribution in [0.15, 0.2) is 54.7 Å². The van der Waals surface area contributed by atoms with Gasteiger partial charge in [0, 0.05) is 30.2 Å². The van der Waals surface area contributed by atoms with Crippen LogP contribution in [0, 0.1) is 5.21 Å². The normalized spacial score (nSPS) is 14.0. The van der Waals surface area contributed by atoms with Gasteiger partial charge in [0.05, 0.1) is 5.56 Å². The van der Waals surface area contributed by atoms with Crippen LogP contribution >= 0.6 is 0 Å². The van der Waals surface area contributed by atoms with Gasteiger partial charge in [0.1, 0.15) is 5.56 Å². The highest BCUT2D eigenvalue weighted by atomic mass is 16.5. The summed E-state index contributed by atoms with van der Waals surface area (Å²) in [5, 5.41) is 13.4. The summed E-state index contributed by atoms with van der Waals surface area (Å²) >= 11 is 0. The molecule has 4 rings (SSSR count). The smallest absolute Gasteiger partial charge is 0.275 e. The fourth-order valence-corrected chi connectivity index (χ4v) is 2.95. The maximum absolute atomic E-state index is 12.6. The zero-order chi connectivity index (χ0) is 14.6. The number of fused-ring (bicyclic) bond motifs is 2. The van der Waals surface area contributed by atoms with Crippen molar-refractivity contribution < 1.29 is 9.53 Å². The third-order valence-corrected chi connectivity index (χ3v) is 3.94. The van der Waals surface area contributed by atoms with Crippen LogP contribution in [0.3, 0.4) is 0 Å². The van der Waals surface area contributed by atoms with E-state index in [1.54, 1.807) is 24.3 Å². The van der Waals surface area contributed by atoms with Crippen LogP contribution < -0.4 is 0 Å². The number of carbonyl (C=O) groups excluding carboxylic acids is 1. The summed E-state index contributed by atoms with van der Waals surface area (Å²) in [7, 11) is 1.91. The number of para-hydroxylation sites is 2. The van der Waals surface area contributed by atoms with Gasteiger partial charge < -0.3 is 9.77 Å². The molecule has 4 nitrogen and oxygen atoms in total.